The van der Waals surface area contributed by atoms with Gasteiger partial charge in [0.1, 0.15) is 0 Å². The van der Waals surface area contributed by atoms with Crippen molar-refractivity contribution in [3.8, 4) is 0 Å². The molecule has 29 heavy (non-hydrogen) atoms. The summed E-state index contributed by atoms with van der Waals surface area (Å²) in [5.41, 5.74) is 2.57. The molecule has 0 atom stereocenters. The fourth-order valence-electron chi connectivity index (χ4n) is 2.40. The van der Waals surface area contributed by atoms with Crippen molar-refractivity contribution >= 4 is 50.9 Å². The average molecular weight is 461 g/mol. The van der Waals surface area contributed by atoms with Crippen LogP contribution in [0.3, 0.4) is 0 Å². The molecule has 0 aromatic heterocycles. The number of halogens is 1. The lowest BCUT2D eigenvalue weighted by atomic mass is 10.1. The summed E-state index contributed by atoms with van der Waals surface area (Å²) in [5, 5.41) is 5.29. The Labute approximate surface area is 176 Å². The van der Waals surface area contributed by atoms with Gasteiger partial charge in [-0.1, -0.05) is 15.9 Å². The van der Waals surface area contributed by atoms with Crippen molar-refractivity contribution in [3.63, 3.8) is 0 Å². The van der Waals surface area contributed by atoms with Gasteiger partial charge in [-0.3, -0.25) is 19.2 Å². The SMILES string of the molecule is CC(=O)c1ccc(NC(=O)CCC(=O)OCC(=O)Nc2ccc(Br)cc2C)cc1. The third-order valence-corrected chi connectivity index (χ3v) is 4.45. The number of amides is 2. The standard InChI is InChI=1S/C21H21BrN2O5/c1-13-11-16(22)5-8-18(13)24-20(27)12-29-21(28)10-9-19(26)23-17-6-3-15(4-7-17)14(2)25/h3-8,11H,9-10,12H2,1-2H3,(H,23,26)(H,24,27). The number of Topliss-reactive ketones (excluding diaryl/α,β-unsaturated/α-hetero) is 1. The number of rotatable bonds is 8. The first kappa shape index (κ1) is 22.3. The maximum Gasteiger partial charge on any atom is 0.306 e. The van der Waals surface area contributed by atoms with Crippen LogP contribution in [0.25, 0.3) is 0 Å². The number of nitrogens with one attached hydrogen (secondary N) is 2. The molecule has 152 valence electrons. The van der Waals surface area contributed by atoms with E-state index in [1.165, 1.54) is 6.92 Å². The largest absolute Gasteiger partial charge is 0.456 e. The third kappa shape index (κ3) is 7.50. The molecule has 2 N–H and O–H groups in total. The minimum atomic E-state index is -0.644. The number of aryl methyl sites for hydroxylation is 1. The molecule has 2 aromatic rings. The number of hydrogen-bond donors (Lipinski definition) is 2. The summed E-state index contributed by atoms with van der Waals surface area (Å²) in [6, 6.07) is 11.8. The number of carbonyl (C=O) groups excluding carboxylic acids is 4. The second-order valence-corrected chi connectivity index (χ2v) is 7.27. The van der Waals surface area contributed by atoms with Crippen LogP contribution >= 0.6 is 15.9 Å². The molecule has 0 radical (unpaired) electrons. The fraction of sp³-hybridized carbons (Fsp3) is 0.238. The molecule has 0 aliphatic carbocycles. The molecule has 8 heteroatoms. The molecule has 2 rings (SSSR count). The summed E-state index contributed by atoms with van der Waals surface area (Å²) in [7, 11) is 0. The first-order valence-corrected chi connectivity index (χ1v) is 9.66. The van der Waals surface area contributed by atoms with E-state index >= 15 is 0 Å². The second kappa shape index (κ2) is 10.5. The highest BCUT2D eigenvalue weighted by Gasteiger charge is 2.12. The molecular formula is C21H21BrN2O5. The molecule has 0 bridgehead atoms. The number of hydrogen-bond acceptors (Lipinski definition) is 5. The number of ketones is 1. The van der Waals surface area contributed by atoms with Crippen LogP contribution in [0.1, 0.15) is 35.7 Å². The Balaban J connectivity index is 1.71. The maximum atomic E-state index is 11.9. The van der Waals surface area contributed by atoms with E-state index < -0.39 is 18.5 Å². The molecule has 0 unspecified atom stereocenters. The average Bonchev–Trinajstić information content (AvgIpc) is 2.67. The smallest absolute Gasteiger partial charge is 0.306 e. The van der Waals surface area contributed by atoms with Crippen molar-refractivity contribution in [1.82, 2.24) is 0 Å². The first-order valence-electron chi connectivity index (χ1n) is 8.87. The minimum absolute atomic E-state index is 0.0649. The molecule has 2 aromatic carbocycles. The van der Waals surface area contributed by atoms with Gasteiger partial charge in [0.15, 0.2) is 12.4 Å². The van der Waals surface area contributed by atoms with E-state index in [4.69, 9.17) is 4.74 Å². The molecule has 0 fully saturated rings. The van der Waals surface area contributed by atoms with E-state index in [9.17, 15) is 19.2 Å². The summed E-state index contributed by atoms with van der Waals surface area (Å²) < 4.78 is 5.80. The van der Waals surface area contributed by atoms with E-state index in [1.807, 2.05) is 13.0 Å². The maximum absolute atomic E-state index is 11.9. The van der Waals surface area contributed by atoms with Gasteiger partial charge in [0.25, 0.3) is 5.91 Å². The van der Waals surface area contributed by atoms with Crippen LogP contribution in [-0.2, 0) is 19.1 Å². The van der Waals surface area contributed by atoms with Gasteiger partial charge in [0.05, 0.1) is 6.42 Å². The second-order valence-electron chi connectivity index (χ2n) is 6.35. The van der Waals surface area contributed by atoms with Gasteiger partial charge >= 0.3 is 5.97 Å². The zero-order chi connectivity index (χ0) is 21.4. The predicted octanol–water partition coefficient (Wildman–Crippen LogP) is 3.86. The van der Waals surface area contributed by atoms with Crippen molar-refractivity contribution in [3.05, 3.63) is 58.1 Å². The first-order chi connectivity index (χ1) is 13.7. The molecule has 2 amide bonds. The lowest BCUT2D eigenvalue weighted by Gasteiger charge is -2.09. The van der Waals surface area contributed by atoms with Gasteiger partial charge in [-0.15, -0.1) is 0 Å². The van der Waals surface area contributed by atoms with Gasteiger partial charge in [-0.2, -0.15) is 0 Å². The van der Waals surface area contributed by atoms with Crippen LogP contribution in [0.4, 0.5) is 11.4 Å². The van der Waals surface area contributed by atoms with Crippen molar-refractivity contribution in [2.24, 2.45) is 0 Å². The highest BCUT2D eigenvalue weighted by Crippen LogP contribution is 2.19. The van der Waals surface area contributed by atoms with Gasteiger partial charge in [0.2, 0.25) is 5.91 Å². The van der Waals surface area contributed by atoms with Crippen LogP contribution in [0.15, 0.2) is 46.9 Å². The summed E-state index contributed by atoms with van der Waals surface area (Å²) in [5.74, 6) is -1.54. The van der Waals surface area contributed by atoms with Crippen LogP contribution in [0.2, 0.25) is 0 Å². The lowest BCUT2D eigenvalue weighted by molar-refractivity contribution is -0.147. The lowest BCUT2D eigenvalue weighted by Crippen LogP contribution is -2.22. The number of benzene rings is 2. The molecule has 0 saturated carbocycles. The van der Waals surface area contributed by atoms with Crippen molar-refractivity contribution < 1.29 is 23.9 Å². The molecule has 0 saturated heterocycles. The summed E-state index contributed by atoms with van der Waals surface area (Å²) in [6.45, 7) is 2.88. The topological polar surface area (TPSA) is 102 Å². The monoisotopic (exact) mass is 460 g/mol. The predicted molar refractivity (Wildman–Crippen MR) is 113 cm³/mol. The Bertz CT molecular complexity index is 925. The molecular weight excluding hydrogens is 440 g/mol. The molecule has 0 aliphatic heterocycles. The fourth-order valence-corrected chi connectivity index (χ4v) is 2.87. The van der Waals surface area contributed by atoms with Gasteiger partial charge < -0.3 is 15.4 Å². The van der Waals surface area contributed by atoms with E-state index in [1.54, 1.807) is 36.4 Å². The zero-order valence-electron chi connectivity index (χ0n) is 16.1. The molecule has 0 spiro atoms. The number of anilines is 2. The summed E-state index contributed by atoms with van der Waals surface area (Å²) >= 11 is 3.34. The normalized spacial score (nSPS) is 10.2. The number of esters is 1. The van der Waals surface area contributed by atoms with Gasteiger partial charge in [-0.05, 0) is 61.9 Å². The Morgan fingerprint density at radius 2 is 1.62 bits per heavy atom. The highest BCUT2D eigenvalue weighted by molar-refractivity contribution is 9.10. The Kier molecular flexibility index (Phi) is 8.09. The Morgan fingerprint density at radius 3 is 2.24 bits per heavy atom. The zero-order valence-corrected chi connectivity index (χ0v) is 17.7. The summed E-state index contributed by atoms with van der Waals surface area (Å²) in [4.78, 5) is 46.8. The minimum Gasteiger partial charge on any atom is -0.456 e. The van der Waals surface area contributed by atoms with Gasteiger partial charge in [0, 0.05) is 27.8 Å². The van der Waals surface area contributed by atoms with Crippen LogP contribution in [0, 0.1) is 6.92 Å². The van der Waals surface area contributed by atoms with E-state index in [0.717, 1.165) is 10.0 Å². The van der Waals surface area contributed by atoms with Crippen LogP contribution in [0.5, 0.6) is 0 Å². The Hall–Kier alpha value is -3.00. The number of ether oxygens (including phenoxy) is 1. The third-order valence-electron chi connectivity index (χ3n) is 3.96. The van der Waals surface area contributed by atoms with E-state index in [-0.39, 0.29) is 24.5 Å². The Morgan fingerprint density at radius 1 is 0.931 bits per heavy atom. The van der Waals surface area contributed by atoms with Crippen molar-refractivity contribution in [2.45, 2.75) is 26.7 Å². The molecule has 0 aliphatic rings. The quantitative estimate of drug-likeness (QED) is 0.459. The van der Waals surface area contributed by atoms with E-state index in [0.29, 0.717) is 16.9 Å². The highest BCUT2D eigenvalue weighted by atomic mass is 79.9. The van der Waals surface area contributed by atoms with Gasteiger partial charge in [-0.25, -0.2) is 0 Å². The van der Waals surface area contributed by atoms with Crippen molar-refractivity contribution in [1.29, 1.82) is 0 Å². The summed E-state index contributed by atoms with van der Waals surface area (Å²) in [6.07, 6.45) is -0.233. The molecule has 7 nitrogen and oxygen atoms in total. The molecule has 0 heterocycles. The van der Waals surface area contributed by atoms with Crippen molar-refractivity contribution in [2.75, 3.05) is 17.2 Å². The van der Waals surface area contributed by atoms with Crippen LogP contribution in [-0.4, -0.2) is 30.2 Å². The number of carbonyl (C=O) groups is 4. The van der Waals surface area contributed by atoms with Crippen LogP contribution < -0.4 is 10.6 Å². The van der Waals surface area contributed by atoms with E-state index in [2.05, 4.69) is 26.6 Å².